The second kappa shape index (κ2) is 6.04. The topological polar surface area (TPSA) is 52.0 Å². The molecule has 0 aliphatic rings. The number of benzene rings is 3. The van der Waals surface area contributed by atoms with E-state index < -0.39 is 0 Å². The Balaban J connectivity index is 2.15. The summed E-state index contributed by atoms with van der Waals surface area (Å²) in [6.07, 6.45) is 0. The molecule has 3 aromatic rings. The molecule has 3 aromatic carbocycles. The van der Waals surface area contributed by atoms with Crippen molar-refractivity contribution in [3.63, 3.8) is 0 Å². The number of nitrogens with two attached hydrogens (primary N) is 2. The predicted octanol–water partition coefficient (Wildman–Crippen LogP) is 5.42. The van der Waals surface area contributed by atoms with Gasteiger partial charge in [0.25, 0.3) is 0 Å². The average Bonchev–Trinajstić information content (AvgIpc) is 2.50. The molecule has 0 radical (unpaired) electrons. The minimum atomic E-state index is 0.805. The fourth-order valence-corrected chi connectivity index (χ4v) is 3.37. The molecule has 0 unspecified atom stereocenters. The number of rotatable bonds is 2. The molecule has 4 N–H and O–H groups in total. The fraction of sp³-hybridized carbons (Fsp3) is 0.182. The van der Waals surface area contributed by atoms with Crippen molar-refractivity contribution in [3.05, 3.63) is 70.8 Å². The van der Waals surface area contributed by atoms with Gasteiger partial charge in [-0.15, -0.1) is 0 Å². The van der Waals surface area contributed by atoms with E-state index in [1.807, 2.05) is 24.3 Å². The Morgan fingerprint density at radius 2 is 0.792 bits per heavy atom. The third-order valence-corrected chi connectivity index (χ3v) is 4.65. The van der Waals surface area contributed by atoms with Crippen LogP contribution in [0.4, 0.5) is 11.4 Å². The molecule has 0 heterocycles. The molecule has 0 aliphatic heterocycles. The summed E-state index contributed by atoms with van der Waals surface area (Å²) in [6, 6.07) is 16.8. The molecule has 0 saturated carbocycles. The Labute approximate surface area is 144 Å². The molecule has 0 amide bonds. The van der Waals surface area contributed by atoms with Crippen LogP contribution in [-0.2, 0) is 0 Å². The van der Waals surface area contributed by atoms with Crippen LogP contribution >= 0.6 is 0 Å². The van der Waals surface area contributed by atoms with Crippen LogP contribution in [0.5, 0.6) is 0 Å². The van der Waals surface area contributed by atoms with Crippen molar-refractivity contribution in [1.82, 2.24) is 0 Å². The number of nitrogen functional groups attached to an aromatic ring is 2. The predicted molar refractivity (Wildman–Crippen MR) is 105 cm³/mol. The third-order valence-electron chi connectivity index (χ3n) is 4.65. The van der Waals surface area contributed by atoms with Crippen LogP contribution in [0, 0.1) is 27.7 Å². The van der Waals surface area contributed by atoms with Crippen LogP contribution in [0.15, 0.2) is 48.5 Å². The van der Waals surface area contributed by atoms with Gasteiger partial charge >= 0.3 is 0 Å². The Hall–Kier alpha value is -2.74. The van der Waals surface area contributed by atoms with Crippen molar-refractivity contribution in [2.75, 3.05) is 11.5 Å². The number of hydrogen-bond donors (Lipinski definition) is 2. The fourth-order valence-electron chi connectivity index (χ4n) is 3.37. The molecule has 2 nitrogen and oxygen atoms in total. The van der Waals surface area contributed by atoms with Crippen LogP contribution in [0.2, 0.25) is 0 Å². The number of anilines is 2. The van der Waals surface area contributed by atoms with Gasteiger partial charge in [-0.3, -0.25) is 0 Å². The highest BCUT2D eigenvalue weighted by molar-refractivity contribution is 5.80. The SMILES string of the molecule is Cc1cc(N)ccc1-c1cc(C)c(-c2ccc(N)cc2C)cc1C. The Morgan fingerprint density at radius 3 is 1.12 bits per heavy atom. The minimum absolute atomic E-state index is 0.805. The number of hydrogen-bond acceptors (Lipinski definition) is 2. The van der Waals surface area contributed by atoms with Gasteiger partial charge in [0, 0.05) is 11.4 Å². The molecule has 24 heavy (non-hydrogen) atoms. The summed E-state index contributed by atoms with van der Waals surface area (Å²) in [5.74, 6) is 0. The highest BCUT2D eigenvalue weighted by atomic mass is 14.5. The smallest absolute Gasteiger partial charge is 0.0317 e. The molecule has 0 atom stereocenters. The van der Waals surface area contributed by atoms with E-state index >= 15 is 0 Å². The van der Waals surface area contributed by atoms with Crippen LogP contribution in [0.3, 0.4) is 0 Å². The van der Waals surface area contributed by atoms with E-state index in [-0.39, 0.29) is 0 Å². The average molecular weight is 316 g/mol. The first-order valence-corrected chi connectivity index (χ1v) is 8.21. The minimum Gasteiger partial charge on any atom is -0.399 e. The summed E-state index contributed by atoms with van der Waals surface area (Å²) < 4.78 is 0. The van der Waals surface area contributed by atoms with Gasteiger partial charge in [-0.25, -0.2) is 0 Å². The maximum absolute atomic E-state index is 5.89. The third kappa shape index (κ3) is 2.88. The number of aryl methyl sites for hydroxylation is 4. The van der Waals surface area contributed by atoms with Gasteiger partial charge in [0.1, 0.15) is 0 Å². The largest absolute Gasteiger partial charge is 0.399 e. The molecule has 2 heteroatoms. The lowest BCUT2D eigenvalue weighted by Crippen LogP contribution is -1.95. The van der Waals surface area contributed by atoms with Crippen LogP contribution < -0.4 is 11.5 Å². The molecule has 0 bridgehead atoms. The molecule has 0 aromatic heterocycles. The summed E-state index contributed by atoms with van der Waals surface area (Å²) in [4.78, 5) is 0. The molecular weight excluding hydrogens is 292 g/mol. The Bertz CT molecular complexity index is 846. The zero-order valence-corrected chi connectivity index (χ0v) is 14.8. The van der Waals surface area contributed by atoms with Gasteiger partial charge in [0.05, 0.1) is 0 Å². The van der Waals surface area contributed by atoms with Gasteiger partial charge in [-0.05, 0) is 96.5 Å². The molecule has 0 saturated heterocycles. The second-order valence-electron chi connectivity index (χ2n) is 6.63. The summed E-state index contributed by atoms with van der Waals surface area (Å²) in [5.41, 5.74) is 23.3. The lowest BCUT2D eigenvalue weighted by atomic mass is 9.89. The first-order chi connectivity index (χ1) is 11.4. The molecule has 122 valence electrons. The Morgan fingerprint density at radius 1 is 0.458 bits per heavy atom. The van der Waals surface area contributed by atoms with E-state index in [2.05, 4.69) is 52.0 Å². The van der Waals surface area contributed by atoms with Crippen LogP contribution in [0.1, 0.15) is 22.3 Å². The summed E-state index contributed by atoms with van der Waals surface area (Å²) in [6.45, 7) is 8.55. The van der Waals surface area contributed by atoms with Gasteiger partial charge in [0.2, 0.25) is 0 Å². The Kier molecular flexibility index (Phi) is 4.06. The summed E-state index contributed by atoms with van der Waals surface area (Å²) in [7, 11) is 0. The van der Waals surface area contributed by atoms with Crippen LogP contribution in [-0.4, -0.2) is 0 Å². The first kappa shape index (κ1) is 16.1. The van der Waals surface area contributed by atoms with E-state index in [4.69, 9.17) is 11.5 Å². The maximum Gasteiger partial charge on any atom is 0.0317 e. The van der Waals surface area contributed by atoms with Gasteiger partial charge in [0.15, 0.2) is 0 Å². The van der Waals surface area contributed by atoms with Crippen molar-refractivity contribution in [2.45, 2.75) is 27.7 Å². The van der Waals surface area contributed by atoms with Crippen molar-refractivity contribution in [3.8, 4) is 22.3 Å². The molecule has 3 rings (SSSR count). The highest BCUT2D eigenvalue weighted by Crippen LogP contribution is 2.35. The normalized spacial score (nSPS) is 10.8. The highest BCUT2D eigenvalue weighted by Gasteiger charge is 2.11. The van der Waals surface area contributed by atoms with E-state index in [9.17, 15) is 0 Å². The molecule has 0 aliphatic carbocycles. The van der Waals surface area contributed by atoms with E-state index in [0.29, 0.717) is 0 Å². The van der Waals surface area contributed by atoms with Crippen molar-refractivity contribution in [1.29, 1.82) is 0 Å². The summed E-state index contributed by atoms with van der Waals surface area (Å²) in [5, 5.41) is 0. The maximum atomic E-state index is 5.89. The zero-order valence-electron chi connectivity index (χ0n) is 14.8. The second-order valence-corrected chi connectivity index (χ2v) is 6.63. The van der Waals surface area contributed by atoms with Crippen LogP contribution in [0.25, 0.3) is 22.3 Å². The molecule has 0 spiro atoms. The lowest BCUT2D eigenvalue weighted by molar-refractivity contribution is 1.35. The van der Waals surface area contributed by atoms with E-state index in [0.717, 1.165) is 11.4 Å². The zero-order chi connectivity index (χ0) is 17.4. The standard InChI is InChI=1S/C22H24N2/c1-13-9-17(23)5-7-19(13)21-11-16(4)22(12-15(21)3)20-8-6-18(24)10-14(20)2/h5-12H,23-24H2,1-4H3. The quantitative estimate of drug-likeness (QED) is 0.620. The summed E-state index contributed by atoms with van der Waals surface area (Å²) >= 11 is 0. The van der Waals surface area contributed by atoms with E-state index in [1.54, 1.807) is 0 Å². The van der Waals surface area contributed by atoms with Crippen molar-refractivity contribution >= 4 is 11.4 Å². The van der Waals surface area contributed by atoms with Gasteiger partial charge in [-0.1, -0.05) is 24.3 Å². The lowest BCUT2D eigenvalue weighted by Gasteiger charge is -2.16. The van der Waals surface area contributed by atoms with Crippen molar-refractivity contribution in [2.24, 2.45) is 0 Å². The van der Waals surface area contributed by atoms with Gasteiger partial charge in [-0.2, -0.15) is 0 Å². The van der Waals surface area contributed by atoms with Gasteiger partial charge < -0.3 is 11.5 Å². The van der Waals surface area contributed by atoms with E-state index in [1.165, 1.54) is 44.5 Å². The molecular formula is C22H24N2. The molecule has 0 fully saturated rings. The monoisotopic (exact) mass is 316 g/mol. The first-order valence-electron chi connectivity index (χ1n) is 8.21. The van der Waals surface area contributed by atoms with Crippen molar-refractivity contribution < 1.29 is 0 Å².